The van der Waals surface area contributed by atoms with Gasteiger partial charge in [0, 0.05) is 32.0 Å². The second-order valence-electron chi connectivity index (χ2n) is 4.84. The van der Waals surface area contributed by atoms with E-state index in [9.17, 15) is 0 Å². The first-order valence-electron chi connectivity index (χ1n) is 7.41. The van der Waals surface area contributed by atoms with Crippen LogP contribution in [0.1, 0.15) is 32.3 Å². The van der Waals surface area contributed by atoms with Crippen LogP contribution in [-0.4, -0.2) is 33.3 Å². The van der Waals surface area contributed by atoms with E-state index in [1.807, 2.05) is 18.3 Å². The standard InChI is InChI=1S/C15H22N6/c1-3-8-21(9-4-2)14-12-18-20-15(19-14)17-11-13-6-5-7-16-10-13/h5-7,10,12H,3-4,8-9,11H2,1-2H3,(H,17,19,20). The molecule has 112 valence electrons. The molecular formula is C15H22N6. The first kappa shape index (κ1) is 15.2. The zero-order chi connectivity index (χ0) is 14.9. The molecular weight excluding hydrogens is 264 g/mol. The summed E-state index contributed by atoms with van der Waals surface area (Å²) in [6.45, 7) is 6.93. The van der Waals surface area contributed by atoms with Crippen molar-refractivity contribution in [3.05, 3.63) is 36.3 Å². The topological polar surface area (TPSA) is 66.8 Å². The minimum absolute atomic E-state index is 0.550. The fourth-order valence-electron chi connectivity index (χ4n) is 2.09. The lowest BCUT2D eigenvalue weighted by atomic mass is 10.3. The first-order valence-corrected chi connectivity index (χ1v) is 7.41. The lowest BCUT2D eigenvalue weighted by Gasteiger charge is -2.22. The lowest BCUT2D eigenvalue weighted by molar-refractivity contribution is 0.727. The van der Waals surface area contributed by atoms with Gasteiger partial charge in [-0.15, -0.1) is 5.10 Å². The molecule has 6 heteroatoms. The van der Waals surface area contributed by atoms with Crippen LogP contribution in [0.3, 0.4) is 0 Å². The summed E-state index contributed by atoms with van der Waals surface area (Å²) < 4.78 is 0. The van der Waals surface area contributed by atoms with Crippen LogP contribution < -0.4 is 10.2 Å². The number of pyridine rings is 1. The van der Waals surface area contributed by atoms with E-state index in [1.54, 1.807) is 12.4 Å². The van der Waals surface area contributed by atoms with Gasteiger partial charge in [0.2, 0.25) is 5.95 Å². The summed E-state index contributed by atoms with van der Waals surface area (Å²) in [5, 5.41) is 11.3. The van der Waals surface area contributed by atoms with Crippen LogP contribution in [0.25, 0.3) is 0 Å². The first-order chi connectivity index (χ1) is 10.3. The molecule has 0 saturated heterocycles. The molecule has 0 radical (unpaired) electrons. The number of hydrogen-bond acceptors (Lipinski definition) is 6. The van der Waals surface area contributed by atoms with Crippen molar-refractivity contribution in [1.82, 2.24) is 20.2 Å². The van der Waals surface area contributed by atoms with Gasteiger partial charge >= 0.3 is 0 Å². The molecule has 0 aliphatic carbocycles. The smallest absolute Gasteiger partial charge is 0.244 e. The highest BCUT2D eigenvalue weighted by Gasteiger charge is 2.08. The number of nitrogens with one attached hydrogen (secondary N) is 1. The Bertz CT molecular complexity index is 525. The van der Waals surface area contributed by atoms with Crippen LogP contribution in [0.5, 0.6) is 0 Å². The summed E-state index contributed by atoms with van der Waals surface area (Å²) in [7, 11) is 0. The minimum atomic E-state index is 0.550. The highest BCUT2D eigenvalue weighted by Crippen LogP contribution is 2.12. The van der Waals surface area contributed by atoms with Gasteiger partial charge in [-0.3, -0.25) is 4.98 Å². The van der Waals surface area contributed by atoms with Crippen LogP contribution >= 0.6 is 0 Å². The molecule has 1 N–H and O–H groups in total. The number of anilines is 2. The third-order valence-electron chi connectivity index (χ3n) is 3.03. The third-order valence-corrected chi connectivity index (χ3v) is 3.03. The molecule has 0 atom stereocenters. The second-order valence-corrected chi connectivity index (χ2v) is 4.84. The maximum atomic E-state index is 4.55. The maximum Gasteiger partial charge on any atom is 0.244 e. The van der Waals surface area contributed by atoms with Gasteiger partial charge in [-0.2, -0.15) is 10.1 Å². The van der Waals surface area contributed by atoms with Gasteiger partial charge in [-0.05, 0) is 24.5 Å². The predicted octanol–water partition coefficient (Wildman–Crippen LogP) is 2.51. The van der Waals surface area contributed by atoms with Crippen LogP contribution in [0.2, 0.25) is 0 Å². The van der Waals surface area contributed by atoms with Crippen molar-refractivity contribution in [2.45, 2.75) is 33.2 Å². The molecule has 0 bridgehead atoms. The molecule has 2 aromatic heterocycles. The van der Waals surface area contributed by atoms with E-state index in [-0.39, 0.29) is 0 Å². The van der Waals surface area contributed by atoms with Crippen LogP contribution in [-0.2, 0) is 6.54 Å². The molecule has 2 aromatic rings. The molecule has 0 aliphatic rings. The van der Waals surface area contributed by atoms with E-state index in [0.29, 0.717) is 12.5 Å². The summed E-state index contributed by atoms with van der Waals surface area (Å²) in [6.07, 6.45) is 7.48. The highest BCUT2D eigenvalue weighted by molar-refractivity contribution is 5.40. The minimum Gasteiger partial charge on any atom is -0.355 e. The molecule has 2 heterocycles. The van der Waals surface area contributed by atoms with E-state index in [1.165, 1.54) is 0 Å². The van der Waals surface area contributed by atoms with Crippen LogP contribution in [0.15, 0.2) is 30.7 Å². The van der Waals surface area contributed by atoms with E-state index in [4.69, 9.17) is 0 Å². The van der Waals surface area contributed by atoms with Gasteiger partial charge in [0.15, 0.2) is 5.82 Å². The Morgan fingerprint density at radius 3 is 2.62 bits per heavy atom. The fraction of sp³-hybridized carbons (Fsp3) is 0.467. The number of rotatable bonds is 8. The van der Waals surface area contributed by atoms with Crippen molar-refractivity contribution >= 4 is 11.8 Å². The molecule has 2 rings (SSSR count). The highest BCUT2D eigenvalue weighted by atomic mass is 15.3. The van der Waals surface area contributed by atoms with E-state index in [0.717, 1.165) is 37.3 Å². The summed E-state index contributed by atoms with van der Waals surface area (Å²) in [6, 6.07) is 3.93. The van der Waals surface area contributed by atoms with Crippen molar-refractivity contribution < 1.29 is 0 Å². The Hall–Kier alpha value is -2.24. The Balaban J connectivity index is 2.02. The van der Waals surface area contributed by atoms with E-state index in [2.05, 4.69) is 44.2 Å². The third kappa shape index (κ3) is 4.66. The van der Waals surface area contributed by atoms with Crippen molar-refractivity contribution in [2.24, 2.45) is 0 Å². The quantitative estimate of drug-likeness (QED) is 0.804. The molecule has 0 amide bonds. The van der Waals surface area contributed by atoms with Gasteiger partial charge in [0.25, 0.3) is 0 Å². The SMILES string of the molecule is CCCN(CCC)c1cnnc(NCc2cccnc2)n1. The van der Waals surface area contributed by atoms with Crippen LogP contribution in [0, 0.1) is 0 Å². The monoisotopic (exact) mass is 286 g/mol. The molecule has 0 spiro atoms. The Morgan fingerprint density at radius 1 is 1.14 bits per heavy atom. The molecule has 0 aromatic carbocycles. The van der Waals surface area contributed by atoms with Crippen molar-refractivity contribution in [1.29, 1.82) is 0 Å². The van der Waals surface area contributed by atoms with Crippen molar-refractivity contribution in [3.8, 4) is 0 Å². The van der Waals surface area contributed by atoms with Gasteiger partial charge < -0.3 is 10.2 Å². The Kier molecular flexibility index (Phi) is 5.87. The maximum absolute atomic E-state index is 4.55. The summed E-state index contributed by atoms with van der Waals surface area (Å²) >= 11 is 0. The second kappa shape index (κ2) is 8.14. The molecule has 0 saturated carbocycles. The lowest BCUT2D eigenvalue weighted by Crippen LogP contribution is -2.26. The number of hydrogen-bond donors (Lipinski definition) is 1. The number of nitrogens with zero attached hydrogens (tertiary/aromatic N) is 5. The summed E-state index contributed by atoms with van der Waals surface area (Å²) in [4.78, 5) is 10.9. The summed E-state index contributed by atoms with van der Waals surface area (Å²) in [5.41, 5.74) is 1.09. The van der Waals surface area contributed by atoms with E-state index >= 15 is 0 Å². The normalized spacial score (nSPS) is 10.4. The van der Waals surface area contributed by atoms with E-state index < -0.39 is 0 Å². The molecule has 6 nitrogen and oxygen atoms in total. The summed E-state index contributed by atoms with van der Waals surface area (Å²) in [5.74, 6) is 1.43. The Morgan fingerprint density at radius 2 is 1.95 bits per heavy atom. The Labute approximate surface area is 125 Å². The van der Waals surface area contributed by atoms with Gasteiger partial charge in [0.05, 0.1) is 6.20 Å². The van der Waals surface area contributed by atoms with Gasteiger partial charge in [-0.1, -0.05) is 19.9 Å². The zero-order valence-electron chi connectivity index (χ0n) is 12.7. The molecule has 0 fully saturated rings. The van der Waals surface area contributed by atoms with Gasteiger partial charge in [-0.25, -0.2) is 0 Å². The number of aromatic nitrogens is 4. The average Bonchev–Trinajstić information content (AvgIpc) is 2.54. The van der Waals surface area contributed by atoms with Gasteiger partial charge in [0.1, 0.15) is 0 Å². The molecule has 0 aliphatic heterocycles. The van der Waals surface area contributed by atoms with Crippen LogP contribution in [0.4, 0.5) is 11.8 Å². The van der Waals surface area contributed by atoms with Crippen molar-refractivity contribution in [2.75, 3.05) is 23.3 Å². The fourth-order valence-corrected chi connectivity index (χ4v) is 2.09. The molecule has 21 heavy (non-hydrogen) atoms. The average molecular weight is 286 g/mol. The van der Waals surface area contributed by atoms with Crippen molar-refractivity contribution in [3.63, 3.8) is 0 Å². The largest absolute Gasteiger partial charge is 0.355 e. The zero-order valence-corrected chi connectivity index (χ0v) is 12.7. The molecule has 0 unspecified atom stereocenters. The predicted molar refractivity (Wildman–Crippen MR) is 84.2 cm³/mol.